The van der Waals surface area contributed by atoms with E-state index in [1.165, 1.54) is 19.8 Å². The Bertz CT molecular complexity index is 617. The van der Waals surface area contributed by atoms with Gasteiger partial charge in [-0.2, -0.15) is 0 Å². The largest absolute Gasteiger partial charge is 0.461 e. The Morgan fingerprint density at radius 2 is 1.58 bits per heavy atom. The number of carbonyl (C=O) groups excluding carboxylic acids is 3. The summed E-state index contributed by atoms with van der Waals surface area (Å²) in [6.07, 6.45) is 2.39. The lowest BCUT2D eigenvalue weighted by molar-refractivity contribution is -0.142. The average molecular weight is 469 g/mol. The highest BCUT2D eigenvalue weighted by Crippen LogP contribution is 2.10. The Labute approximate surface area is 201 Å². The van der Waals surface area contributed by atoms with E-state index in [1.807, 2.05) is 41.5 Å². The van der Waals surface area contributed by atoms with Gasteiger partial charge in [-0.15, -0.1) is 0 Å². The van der Waals surface area contributed by atoms with Gasteiger partial charge in [0.15, 0.2) is 0 Å². The first-order chi connectivity index (χ1) is 15.7. The monoisotopic (exact) mass is 468 g/mol. The normalized spacial score (nSPS) is 10.2. The van der Waals surface area contributed by atoms with Gasteiger partial charge in [-0.1, -0.05) is 67.0 Å². The van der Waals surface area contributed by atoms with Crippen LogP contribution in [0.15, 0.2) is 24.3 Å². The summed E-state index contributed by atoms with van der Waals surface area (Å²) in [5.74, 6) is -0.735. The summed E-state index contributed by atoms with van der Waals surface area (Å²) in [7, 11) is 1.71. The van der Waals surface area contributed by atoms with Crippen LogP contribution in [0, 0.1) is 5.92 Å². The number of hydrogen-bond acceptors (Lipinski definition) is 6. The second-order valence-corrected chi connectivity index (χ2v) is 6.90. The van der Waals surface area contributed by atoms with Gasteiger partial charge < -0.3 is 26.4 Å². The minimum absolute atomic E-state index is 0.0983. The summed E-state index contributed by atoms with van der Waals surface area (Å²) in [6.45, 7) is 16.3. The molecule has 0 bridgehead atoms. The van der Waals surface area contributed by atoms with E-state index in [0.717, 1.165) is 12.1 Å². The standard InChI is InChI=1S/C17H25N3O4.C4H11N.2C2H6/c1-11(2)16(18-4)17(23)19-9-15(22)20-14-7-5-13(6-8-14)10-24-12(3)21;1-2-3-4-5;2*1-2/h5-8,11,16,18H,9-10H2,1-4H3,(H,19,23)(H,20,22);2-5H2,1H3;2*1-2H3. The van der Waals surface area contributed by atoms with E-state index in [9.17, 15) is 14.4 Å². The van der Waals surface area contributed by atoms with E-state index in [4.69, 9.17) is 10.5 Å². The third-order valence-corrected chi connectivity index (χ3v) is 3.92. The Balaban J connectivity index is -0.000000862. The molecule has 1 atom stereocenters. The minimum Gasteiger partial charge on any atom is -0.461 e. The molecule has 0 aliphatic carbocycles. The van der Waals surface area contributed by atoms with Crippen LogP contribution in [0.5, 0.6) is 0 Å². The van der Waals surface area contributed by atoms with E-state index >= 15 is 0 Å². The molecule has 0 fully saturated rings. The number of esters is 1. The lowest BCUT2D eigenvalue weighted by atomic mass is 10.0. The molecule has 0 heterocycles. The van der Waals surface area contributed by atoms with Crippen molar-refractivity contribution in [3.05, 3.63) is 29.8 Å². The number of rotatable bonds is 10. The fourth-order valence-electron chi connectivity index (χ4n) is 2.32. The Hall–Kier alpha value is -2.45. The highest BCUT2D eigenvalue weighted by atomic mass is 16.5. The third-order valence-electron chi connectivity index (χ3n) is 3.92. The summed E-state index contributed by atoms with van der Waals surface area (Å²) >= 11 is 0. The predicted octanol–water partition coefficient (Wildman–Crippen LogP) is 3.85. The van der Waals surface area contributed by atoms with Crippen molar-refractivity contribution in [1.29, 1.82) is 0 Å². The van der Waals surface area contributed by atoms with Crippen LogP contribution in [0.1, 0.15) is 73.8 Å². The maximum Gasteiger partial charge on any atom is 0.302 e. The van der Waals surface area contributed by atoms with E-state index in [2.05, 4.69) is 22.9 Å². The minimum atomic E-state index is -0.343. The fraction of sp³-hybridized carbons (Fsp3) is 0.640. The molecule has 0 aromatic heterocycles. The van der Waals surface area contributed by atoms with Crippen molar-refractivity contribution in [2.24, 2.45) is 11.7 Å². The smallest absolute Gasteiger partial charge is 0.302 e. The molecule has 5 N–H and O–H groups in total. The molecule has 1 aromatic rings. The summed E-state index contributed by atoms with van der Waals surface area (Å²) in [5.41, 5.74) is 6.57. The lowest BCUT2D eigenvalue weighted by Gasteiger charge is -2.19. The number of unbranched alkanes of at least 4 members (excludes halogenated alkanes) is 1. The highest BCUT2D eigenvalue weighted by molar-refractivity contribution is 5.95. The second kappa shape index (κ2) is 24.2. The van der Waals surface area contributed by atoms with E-state index in [-0.39, 0.29) is 42.9 Å². The van der Waals surface area contributed by atoms with Crippen LogP contribution in [0.2, 0.25) is 0 Å². The third kappa shape index (κ3) is 19.9. The molecule has 192 valence electrons. The van der Waals surface area contributed by atoms with Crippen LogP contribution in [-0.4, -0.2) is 44.0 Å². The van der Waals surface area contributed by atoms with Crippen molar-refractivity contribution in [2.75, 3.05) is 25.5 Å². The highest BCUT2D eigenvalue weighted by Gasteiger charge is 2.20. The molecule has 1 unspecified atom stereocenters. The molecule has 0 aliphatic heterocycles. The molecular formula is C25H48N4O4. The number of anilines is 1. The maximum absolute atomic E-state index is 11.9. The Morgan fingerprint density at radius 1 is 1.03 bits per heavy atom. The molecule has 0 saturated carbocycles. The van der Waals surface area contributed by atoms with Crippen molar-refractivity contribution >= 4 is 23.5 Å². The van der Waals surface area contributed by atoms with Gasteiger partial charge in [0.05, 0.1) is 12.6 Å². The van der Waals surface area contributed by atoms with Crippen LogP contribution in [0.4, 0.5) is 5.69 Å². The van der Waals surface area contributed by atoms with Crippen LogP contribution < -0.4 is 21.7 Å². The van der Waals surface area contributed by atoms with Crippen molar-refractivity contribution < 1.29 is 19.1 Å². The lowest BCUT2D eigenvalue weighted by Crippen LogP contribution is -2.47. The molecule has 1 aromatic carbocycles. The van der Waals surface area contributed by atoms with Crippen LogP contribution in [0.25, 0.3) is 0 Å². The average Bonchev–Trinajstić information content (AvgIpc) is 2.81. The van der Waals surface area contributed by atoms with Gasteiger partial charge in [0.1, 0.15) is 6.61 Å². The van der Waals surface area contributed by atoms with Gasteiger partial charge in [-0.3, -0.25) is 14.4 Å². The van der Waals surface area contributed by atoms with Gasteiger partial charge in [-0.25, -0.2) is 0 Å². The van der Waals surface area contributed by atoms with E-state index < -0.39 is 0 Å². The number of nitrogens with two attached hydrogens (primary N) is 1. The maximum atomic E-state index is 11.9. The van der Waals surface area contributed by atoms with Gasteiger partial charge in [0.2, 0.25) is 11.8 Å². The van der Waals surface area contributed by atoms with Crippen molar-refractivity contribution in [3.8, 4) is 0 Å². The quantitative estimate of drug-likeness (QED) is 0.387. The number of benzene rings is 1. The fourth-order valence-corrected chi connectivity index (χ4v) is 2.32. The first kappa shape index (κ1) is 35.1. The number of ether oxygens (including phenoxy) is 1. The molecule has 0 saturated heterocycles. The molecule has 0 spiro atoms. The van der Waals surface area contributed by atoms with Crippen molar-refractivity contribution in [3.63, 3.8) is 0 Å². The first-order valence-corrected chi connectivity index (χ1v) is 11.9. The number of likely N-dealkylation sites (N-methyl/N-ethyl adjacent to an activating group) is 1. The molecule has 2 amide bonds. The molecule has 33 heavy (non-hydrogen) atoms. The van der Waals surface area contributed by atoms with E-state index in [0.29, 0.717) is 5.69 Å². The van der Waals surface area contributed by atoms with E-state index in [1.54, 1.807) is 31.3 Å². The molecule has 1 rings (SSSR count). The van der Waals surface area contributed by atoms with Crippen molar-refractivity contribution in [2.45, 2.75) is 80.9 Å². The number of carbonyl (C=O) groups is 3. The Morgan fingerprint density at radius 3 is 1.94 bits per heavy atom. The number of hydrogen-bond donors (Lipinski definition) is 4. The summed E-state index contributed by atoms with van der Waals surface area (Å²) in [5, 5.41) is 8.22. The summed E-state index contributed by atoms with van der Waals surface area (Å²) in [4.78, 5) is 34.6. The molecule has 8 nitrogen and oxygen atoms in total. The van der Waals surface area contributed by atoms with Crippen LogP contribution >= 0.6 is 0 Å². The van der Waals surface area contributed by atoms with Gasteiger partial charge in [-0.05, 0) is 43.6 Å². The SMILES string of the molecule is CC.CC.CCCCN.CNC(C(=O)NCC(=O)Nc1ccc(COC(C)=O)cc1)C(C)C. The van der Waals surface area contributed by atoms with Gasteiger partial charge in [0.25, 0.3) is 0 Å². The predicted molar refractivity (Wildman–Crippen MR) is 138 cm³/mol. The Kier molecular flexibility index (Phi) is 25.8. The molecular weight excluding hydrogens is 420 g/mol. The number of amides is 2. The first-order valence-electron chi connectivity index (χ1n) is 11.9. The molecule has 0 aliphatic rings. The molecule has 0 radical (unpaired) electrons. The zero-order valence-corrected chi connectivity index (χ0v) is 22.2. The van der Waals surface area contributed by atoms with Crippen LogP contribution in [0.3, 0.4) is 0 Å². The zero-order valence-electron chi connectivity index (χ0n) is 22.2. The van der Waals surface area contributed by atoms with Crippen molar-refractivity contribution in [1.82, 2.24) is 10.6 Å². The van der Waals surface area contributed by atoms with Crippen LogP contribution in [-0.2, 0) is 25.7 Å². The number of nitrogens with one attached hydrogen (secondary N) is 3. The molecule has 8 heteroatoms. The summed E-state index contributed by atoms with van der Waals surface area (Å²) in [6, 6.07) is 6.60. The summed E-state index contributed by atoms with van der Waals surface area (Å²) < 4.78 is 4.89. The topological polar surface area (TPSA) is 123 Å². The second-order valence-electron chi connectivity index (χ2n) is 6.90. The van der Waals surface area contributed by atoms with Gasteiger partial charge >= 0.3 is 5.97 Å². The zero-order chi connectivity index (χ0) is 26.2. The van der Waals surface area contributed by atoms with Gasteiger partial charge in [0, 0.05) is 12.6 Å².